The largest absolute Gasteiger partial charge is 0.399 e. The fourth-order valence-electron chi connectivity index (χ4n) is 1.10. The number of anilines is 1. The molecule has 0 saturated carbocycles. The summed E-state index contributed by atoms with van der Waals surface area (Å²) in [6.07, 6.45) is 0.900. The Hall–Kier alpha value is -1.76. The maximum Gasteiger partial charge on any atom is 0.306 e. The molecule has 0 bridgehead atoms. The van der Waals surface area contributed by atoms with Crippen molar-refractivity contribution in [3.8, 4) is 5.75 Å². The molecule has 0 radical (unpaired) electrons. The molecule has 0 aliphatic heterocycles. The molecule has 0 atom stereocenters. The highest BCUT2D eigenvalue weighted by molar-refractivity contribution is 7.86. The molecule has 0 unspecified atom stereocenters. The third kappa shape index (κ3) is 3.13. The van der Waals surface area contributed by atoms with Gasteiger partial charge >= 0.3 is 10.1 Å². The van der Waals surface area contributed by atoms with E-state index in [9.17, 15) is 13.2 Å². The number of rotatable bonds is 3. The standard InChI is InChI=1S/C9H12N2O4S/c1-11-9(12)7-5-6(10)3-4-8(7)15-16(2,13)14/h3-5H,10H2,1-2H3,(H,11,12). The summed E-state index contributed by atoms with van der Waals surface area (Å²) in [6.45, 7) is 0. The summed E-state index contributed by atoms with van der Waals surface area (Å²) in [4.78, 5) is 11.4. The molecule has 0 aliphatic carbocycles. The van der Waals surface area contributed by atoms with Gasteiger partial charge in [-0.15, -0.1) is 0 Å². The summed E-state index contributed by atoms with van der Waals surface area (Å²) in [5.41, 5.74) is 5.92. The van der Waals surface area contributed by atoms with Crippen molar-refractivity contribution >= 4 is 21.7 Å². The van der Waals surface area contributed by atoms with Crippen LogP contribution in [0.5, 0.6) is 5.75 Å². The van der Waals surface area contributed by atoms with Crippen LogP contribution in [0.2, 0.25) is 0 Å². The maximum absolute atomic E-state index is 11.4. The predicted molar refractivity (Wildman–Crippen MR) is 59.7 cm³/mol. The summed E-state index contributed by atoms with van der Waals surface area (Å²) < 4.78 is 26.6. The number of nitrogen functional groups attached to an aromatic ring is 1. The van der Waals surface area contributed by atoms with E-state index in [0.29, 0.717) is 5.69 Å². The normalized spacial score (nSPS) is 10.9. The van der Waals surface area contributed by atoms with Crippen LogP contribution in [0.1, 0.15) is 10.4 Å². The molecule has 88 valence electrons. The first kappa shape index (κ1) is 12.3. The maximum atomic E-state index is 11.4. The number of hydrogen-bond donors (Lipinski definition) is 2. The first-order valence-corrected chi connectivity index (χ1v) is 6.16. The molecule has 1 aromatic rings. The second-order valence-electron chi connectivity index (χ2n) is 3.12. The van der Waals surface area contributed by atoms with E-state index >= 15 is 0 Å². The van der Waals surface area contributed by atoms with Gasteiger partial charge < -0.3 is 15.2 Å². The number of nitrogens with two attached hydrogens (primary N) is 1. The van der Waals surface area contributed by atoms with E-state index in [1.54, 1.807) is 0 Å². The molecule has 7 heteroatoms. The molecule has 0 fully saturated rings. The van der Waals surface area contributed by atoms with Crippen LogP contribution >= 0.6 is 0 Å². The topological polar surface area (TPSA) is 98.5 Å². The van der Waals surface area contributed by atoms with Gasteiger partial charge in [0.25, 0.3) is 5.91 Å². The zero-order valence-corrected chi connectivity index (χ0v) is 9.67. The van der Waals surface area contributed by atoms with E-state index in [2.05, 4.69) is 9.50 Å². The van der Waals surface area contributed by atoms with Crippen molar-refractivity contribution in [3.05, 3.63) is 23.8 Å². The molecule has 16 heavy (non-hydrogen) atoms. The number of carbonyl (C=O) groups is 1. The molecule has 0 saturated heterocycles. The van der Waals surface area contributed by atoms with E-state index in [1.807, 2.05) is 0 Å². The average Bonchev–Trinajstić information content (AvgIpc) is 2.17. The van der Waals surface area contributed by atoms with Crippen LogP contribution in [0.25, 0.3) is 0 Å². The lowest BCUT2D eigenvalue weighted by Crippen LogP contribution is -2.20. The quantitative estimate of drug-likeness (QED) is 0.574. The molecule has 0 heterocycles. The zero-order valence-electron chi connectivity index (χ0n) is 8.85. The number of nitrogens with one attached hydrogen (secondary N) is 1. The van der Waals surface area contributed by atoms with Crippen molar-refractivity contribution in [3.63, 3.8) is 0 Å². The number of amides is 1. The van der Waals surface area contributed by atoms with E-state index in [1.165, 1.54) is 25.2 Å². The third-order valence-corrected chi connectivity index (χ3v) is 2.20. The summed E-state index contributed by atoms with van der Waals surface area (Å²) in [5.74, 6) is -0.512. The van der Waals surface area contributed by atoms with E-state index < -0.39 is 16.0 Å². The van der Waals surface area contributed by atoms with E-state index in [4.69, 9.17) is 5.73 Å². The molecule has 1 aromatic carbocycles. The van der Waals surface area contributed by atoms with E-state index in [0.717, 1.165) is 6.26 Å². The minimum absolute atomic E-state index is 0.0453. The summed E-state index contributed by atoms with van der Waals surface area (Å²) in [5, 5.41) is 2.37. The van der Waals surface area contributed by atoms with Gasteiger partial charge in [-0.05, 0) is 18.2 Å². The van der Waals surface area contributed by atoms with Crippen molar-refractivity contribution in [1.82, 2.24) is 5.32 Å². The van der Waals surface area contributed by atoms with Gasteiger partial charge in [0.05, 0.1) is 11.8 Å². The minimum Gasteiger partial charge on any atom is -0.399 e. The fourth-order valence-corrected chi connectivity index (χ4v) is 1.57. The van der Waals surface area contributed by atoms with Gasteiger partial charge in [0, 0.05) is 12.7 Å². The first-order chi connectivity index (χ1) is 7.33. The highest BCUT2D eigenvalue weighted by Gasteiger charge is 2.15. The Bertz CT molecular complexity index is 510. The number of benzene rings is 1. The molecule has 1 rings (SSSR count). The minimum atomic E-state index is -3.68. The van der Waals surface area contributed by atoms with Gasteiger partial charge in [0.2, 0.25) is 0 Å². The van der Waals surface area contributed by atoms with Crippen LogP contribution in [0.3, 0.4) is 0 Å². The first-order valence-electron chi connectivity index (χ1n) is 4.34. The van der Waals surface area contributed by atoms with Crippen LogP contribution in [0.15, 0.2) is 18.2 Å². The summed E-state index contributed by atoms with van der Waals surface area (Å²) in [6, 6.07) is 4.13. The van der Waals surface area contributed by atoms with Crippen LogP contribution in [-0.2, 0) is 10.1 Å². The van der Waals surface area contributed by atoms with Crippen LogP contribution in [0.4, 0.5) is 5.69 Å². The van der Waals surface area contributed by atoms with E-state index in [-0.39, 0.29) is 11.3 Å². The van der Waals surface area contributed by atoms with Gasteiger partial charge in [-0.1, -0.05) is 0 Å². The fraction of sp³-hybridized carbons (Fsp3) is 0.222. The van der Waals surface area contributed by atoms with Gasteiger partial charge in [-0.3, -0.25) is 4.79 Å². The summed E-state index contributed by atoms with van der Waals surface area (Å²) >= 11 is 0. The Kier molecular flexibility index (Phi) is 3.38. The monoisotopic (exact) mass is 244 g/mol. The Morgan fingerprint density at radius 2 is 2.06 bits per heavy atom. The molecule has 0 spiro atoms. The SMILES string of the molecule is CNC(=O)c1cc(N)ccc1OS(C)(=O)=O. The summed E-state index contributed by atoms with van der Waals surface area (Å²) in [7, 11) is -2.25. The lowest BCUT2D eigenvalue weighted by molar-refractivity contribution is 0.0961. The Morgan fingerprint density at radius 3 is 2.56 bits per heavy atom. The lowest BCUT2D eigenvalue weighted by atomic mass is 10.1. The second kappa shape index (κ2) is 4.40. The van der Waals surface area contributed by atoms with Gasteiger partial charge in [0.1, 0.15) is 0 Å². The van der Waals surface area contributed by atoms with Gasteiger partial charge in [0.15, 0.2) is 5.75 Å². The van der Waals surface area contributed by atoms with Crippen molar-refractivity contribution in [2.24, 2.45) is 0 Å². The molecule has 0 aliphatic rings. The van der Waals surface area contributed by atoms with Crippen molar-refractivity contribution < 1.29 is 17.4 Å². The zero-order chi connectivity index (χ0) is 12.3. The smallest absolute Gasteiger partial charge is 0.306 e. The Morgan fingerprint density at radius 1 is 1.44 bits per heavy atom. The second-order valence-corrected chi connectivity index (χ2v) is 4.70. The van der Waals surface area contributed by atoms with Crippen molar-refractivity contribution in [1.29, 1.82) is 0 Å². The highest BCUT2D eigenvalue weighted by Crippen LogP contribution is 2.22. The predicted octanol–water partition coefficient (Wildman–Crippen LogP) is -0.0332. The van der Waals surface area contributed by atoms with Crippen molar-refractivity contribution in [2.45, 2.75) is 0 Å². The number of hydrogen-bond acceptors (Lipinski definition) is 5. The van der Waals surface area contributed by atoms with Crippen LogP contribution in [-0.4, -0.2) is 27.6 Å². The number of carbonyl (C=O) groups excluding carboxylic acids is 1. The van der Waals surface area contributed by atoms with Crippen LogP contribution in [0, 0.1) is 0 Å². The molecule has 6 nitrogen and oxygen atoms in total. The molecular weight excluding hydrogens is 232 g/mol. The molecule has 1 amide bonds. The molecule has 3 N–H and O–H groups in total. The van der Waals surface area contributed by atoms with Gasteiger partial charge in [-0.25, -0.2) is 0 Å². The van der Waals surface area contributed by atoms with Crippen molar-refractivity contribution in [2.75, 3.05) is 19.0 Å². The Balaban J connectivity index is 3.23. The Labute approximate surface area is 93.5 Å². The van der Waals surface area contributed by atoms with Crippen LogP contribution < -0.4 is 15.2 Å². The molecular formula is C9H12N2O4S. The average molecular weight is 244 g/mol. The lowest BCUT2D eigenvalue weighted by Gasteiger charge is -2.09. The molecule has 0 aromatic heterocycles. The van der Waals surface area contributed by atoms with Gasteiger partial charge in [-0.2, -0.15) is 8.42 Å². The highest BCUT2D eigenvalue weighted by atomic mass is 32.2. The third-order valence-electron chi connectivity index (χ3n) is 1.72.